The molecule has 4 rings (SSSR count). The third kappa shape index (κ3) is 6.35. The van der Waals surface area contributed by atoms with Crippen molar-refractivity contribution in [1.82, 2.24) is 9.62 Å². The lowest BCUT2D eigenvalue weighted by atomic mass is 9.77. The molecule has 2 aliphatic heterocycles. The fraction of sp³-hybridized carbons (Fsp3) is 0.731. The van der Waals surface area contributed by atoms with Crippen LogP contribution >= 0.6 is 11.9 Å². The molecule has 0 radical (unpaired) electrons. The second-order valence-electron chi connectivity index (χ2n) is 12.1. The summed E-state index contributed by atoms with van der Waals surface area (Å²) in [5.41, 5.74) is 0.630. The van der Waals surface area contributed by atoms with Gasteiger partial charge < -0.3 is 18.9 Å². The fourth-order valence-electron chi connectivity index (χ4n) is 4.46. The summed E-state index contributed by atoms with van der Waals surface area (Å²) in [6, 6.07) is 8.01. The van der Waals surface area contributed by atoms with Gasteiger partial charge in [0.05, 0.1) is 17.2 Å². The summed E-state index contributed by atoms with van der Waals surface area (Å²) in [4.78, 5) is 15.0. The van der Waals surface area contributed by atoms with Crippen LogP contribution in [-0.4, -0.2) is 58.5 Å². The van der Waals surface area contributed by atoms with Crippen LogP contribution in [0.25, 0.3) is 0 Å². The molecule has 1 amide bonds. The Morgan fingerprint density at radius 3 is 2.49 bits per heavy atom. The summed E-state index contributed by atoms with van der Waals surface area (Å²) in [6.45, 7) is 14.4. The molecule has 194 valence electrons. The Hall–Kier alpha value is -1.29. The zero-order chi connectivity index (χ0) is 25.6. The Balaban J connectivity index is 1.54. The zero-order valence-electron chi connectivity index (χ0n) is 22.2. The fourth-order valence-corrected chi connectivity index (χ4v) is 5.41. The molecule has 0 unspecified atom stereocenters. The van der Waals surface area contributed by atoms with Gasteiger partial charge in [-0.2, -0.15) is 0 Å². The third-order valence-electron chi connectivity index (χ3n) is 7.36. The highest BCUT2D eigenvalue weighted by molar-refractivity contribution is 7.98. The topological polar surface area (TPSA) is 60.0 Å². The molecule has 1 aliphatic carbocycles. The van der Waals surface area contributed by atoms with E-state index in [1.54, 1.807) is 0 Å². The number of piperidine rings is 1. The Morgan fingerprint density at radius 2 is 1.89 bits per heavy atom. The molecule has 1 saturated carbocycles. The number of amides is 1. The Morgan fingerprint density at radius 1 is 1.23 bits per heavy atom. The van der Waals surface area contributed by atoms with E-state index < -0.39 is 28.9 Å². The molecule has 2 atom stereocenters. The predicted molar refractivity (Wildman–Crippen MR) is 139 cm³/mol. The van der Waals surface area contributed by atoms with E-state index in [0.29, 0.717) is 25.8 Å². The lowest BCUT2D eigenvalue weighted by molar-refractivity contribution is 0.00578. The maximum absolute atomic E-state index is 14.4. The van der Waals surface area contributed by atoms with Crippen molar-refractivity contribution < 1.29 is 23.2 Å². The minimum atomic E-state index is -1.17. The van der Waals surface area contributed by atoms with E-state index in [4.69, 9.17) is 14.0 Å². The average Bonchev–Trinajstić information content (AvgIpc) is 3.43. The van der Waals surface area contributed by atoms with Crippen molar-refractivity contribution in [3.8, 4) is 0 Å². The van der Waals surface area contributed by atoms with Crippen LogP contribution in [0.3, 0.4) is 0 Å². The number of hydrogen-bond donors (Lipinski definition) is 1. The maximum atomic E-state index is 14.4. The van der Waals surface area contributed by atoms with Crippen molar-refractivity contribution in [2.75, 3.05) is 6.54 Å². The third-order valence-corrected chi connectivity index (χ3v) is 8.56. The molecule has 3 aliphatic rings. The standard InChI is InChI=1S/C26H40BFN2O4S/c1-23(2,3)32-22(31)30-15-9-12-20(29-35-26(28)13-14-26)21(30)17-18-10-8-11-19(16-18)27-33-24(4,5)25(6,7)34-27/h8,10-11,16,20-21,29H,9,12-15,17H2,1-7H3/t20-,21-/m0/s1. The average molecular weight is 506 g/mol. The van der Waals surface area contributed by atoms with Gasteiger partial charge in [-0.25, -0.2) is 9.18 Å². The number of rotatable bonds is 6. The van der Waals surface area contributed by atoms with Crippen LogP contribution in [0.2, 0.25) is 0 Å². The smallest absolute Gasteiger partial charge is 0.444 e. The number of carbonyl (C=O) groups is 1. The van der Waals surface area contributed by atoms with Crippen LogP contribution in [0.15, 0.2) is 24.3 Å². The lowest BCUT2D eigenvalue weighted by Gasteiger charge is -2.42. The number of benzene rings is 1. The van der Waals surface area contributed by atoms with Gasteiger partial charge in [0.15, 0.2) is 5.00 Å². The molecule has 0 bridgehead atoms. The number of carbonyl (C=O) groups excluding carboxylic acids is 1. The monoisotopic (exact) mass is 506 g/mol. The first kappa shape index (κ1) is 26.8. The van der Waals surface area contributed by atoms with E-state index >= 15 is 0 Å². The minimum absolute atomic E-state index is 0.0324. The molecule has 6 nitrogen and oxygen atoms in total. The maximum Gasteiger partial charge on any atom is 0.494 e. The summed E-state index contributed by atoms with van der Waals surface area (Å²) in [5.74, 6) is 0. The van der Waals surface area contributed by atoms with Crippen molar-refractivity contribution in [2.45, 2.75) is 114 Å². The summed E-state index contributed by atoms with van der Waals surface area (Å²) >= 11 is 1.18. The number of hydrogen-bond acceptors (Lipinski definition) is 6. The zero-order valence-corrected chi connectivity index (χ0v) is 23.0. The molecule has 1 aromatic carbocycles. The molecule has 3 fully saturated rings. The van der Waals surface area contributed by atoms with Gasteiger partial charge in [0, 0.05) is 12.6 Å². The second-order valence-corrected chi connectivity index (χ2v) is 13.3. The SMILES string of the molecule is CC(C)(C)OC(=O)N1CCC[C@H](NSC2(F)CC2)[C@@H]1Cc1cccc(B2OC(C)(C)C(C)(C)O2)c1. The van der Waals surface area contributed by atoms with Gasteiger partial charge in [0.1, 0.15) is 5.60 Å². The van der Waals surface area contributed by atoms with Crippen LogP contribution < -0.4 is 10.2 Å². The van der Waals surface area contributed by atoms with Gasteiger partial charge >= 0.3 is 13.2 Å². The number of ether oxygens (including phenoxy) is 1. The van der Waals surface area contributed by atoms with Gasteiger partial charge in [0.25, 0.3) is 0 Å². The van der Waals surface area contributed by atoms with Crippen molar-refractivity contribution in [2.24, 2.45) is 0 Å². The first-order chi connectivity index (χ1) is 16.2. The second kappa shape index (κ2) is 9.55. The molecular weight excluding hydrogens is 466 g/mol. The highest BCUT2D eigenvalue weighted by Gasteiger charge is 2.52. The number of likely N-dealkylation sites (tertiary alicyclic amines) is 1. The van der Waals surface area contributed by atoms with Gasteiger partial charge in [-0.15, -0.1) is 0 Å². The van der Waals surface area contributed by atoms with Crippen LogP contribution in [0, 0.1) is 0 Å². The van der Waals surface area contributed by atoms with Gasteiger partial charge in [-0.3, -0.25) is 4.72 Å². The van der Waals surface area contributed by atoms with Crippen molar-refractivity contribution >= 4 is 30.6 Å². The summed E-state index contributed by atoms with van der Waals surface area (Å²) in [5, 5.41) is -1.17. The van der Waals surface area contributed by atoms with Gasteiger partial charge in [-0.05, 0) is 104 Å². The molecule has 2 saturated heterocycles. The van der Waals surface area contributed by atoms with Crippen molar-refractivity contribution in [3.63, 3.8) is 0 Å². The van der Waals surface area contributed by atoms with Gasteiger partial charge in [0.2, 0.25) is 0 Å². The molecule has 2 heterocycles. The largest absolute Gasteiger partial charge is 0.494 e. The highest BCUT2D eigenvalue weighted by atomic mass is 32.2. The van der Waals surface area contributed by atoms with E-state index in [9.17, 15) is 9.18 Å². The van der Waals surface area contributed by atoms with Crippen molar-refractivity contribution in [1.29, 1.82) is 0 Å². The predicted octanol–water partition coefficient (Wildman–Crippen LogP) is 4.99. The first-order valence-corrected chi connectivity index (χ1v) is 13.6. The molecule has 9 heteroatoms. The first-order valence-electron chi connectivity index (χ1n) is 12.7. The number of alkyl halides is 1. The van der Waals surface area contributed by atoms with Crippen LogP contribution in [-0.2, 0) is 20.5 Å². The van der Waals surface area contributed by atoms with Crippen LogP contribution in [0.1, 0.15) is 79.7 Å². The number of nitrogens with one attached hydrogen (secondary N) is 1. The Bertz CT molecular complexity index is 918. The van der Waals surface area contributed by atoms with Crippen molar-refractivity contribution in [3.05, 3.63) is 29.8 Å². The molecule has 1 N–H and O–H groups in total. The minimum Gasteiger partial charge on any atom is -0.444 e. The quantitative estimate of drug-likeness (QED) is 0.433. The van der Waals surface area contributed by atoms with E-state index in [-0.39, 0.29) is 18.2 Å². The highest BCUT2D eigenvalue weighted by Crippen LogP contribution is 2.48. The Kier molecular flexibility index (Phi) is 7.30. The van der Waals surface area contributed by atoms with Crippen LogP contribution in [0.4, 0.5) is 9.18 Å². The van der Waals surface area contributed by atoms with E-state index in [2.05, 4.69) is 16.9 Å². The summed E-state index contributed by atoms with van der Waals surface area (Å²) in [6.07, 6.45) is 3.19. The van der Waals surface area contributed by atoms with E-state index in [1.807, 2.05) is 65.5 Å². The molecule has 35 heavy (non-hydrogen) atoms. The molecular formula is C26H40BFN2O4S. The number of halogens is 1. The summed E-state index contributed by atoms with van der Waals surface area (Å²) < 4.78 is 36.0. The van der Waals surface area contributed by atoms with E-state index in [0.717, 1.165) is 23.9 Å². The molecule has 0 aromatic heterocycles. The normalized spacial score (nSPS) is 27.1. The van der Waals surface area contributed by atoms with Gasteiger partial charge in [-0.1, -0.05) is 24.3 Å². The summed E-state index contributed by atoms with van der Waals surface area (Å²) in [7, 11) is -0.445. The number of nitrogens with zero attached hydrogens (tertiary/aromatic N) is 1. The van der Waals surface area contributed by atoms with Crippen LogP contribution in [0.5, 0.6) is 0 Å². The lowest BCUT2D eigenvalue weighted by Crippen LogP contribution is -2.56. The van der Waals surface area contributed by atoms with E-state index in [1.165, 1.54) is 11.9 Å². The molecule has 1 aromatic rings. The Labute approximate surface area is 214 Å². The molecule has 0 spiro atoms.